The molecule has 0 radical (unpaired) electrons. The van der Waals surface area contributed by atoms with Crippen LogP contribution in [0, 0.1) is 34.0 Å². The highest BCUT2D eigenvalue weighted by molar-refractivity contribution is 5.11. The smallest absolute Gasteiger partial charge is 0.0243 e. The molecule has 4 saturated carbocycles. The minimum Gasteiger partial charge on any atom is -0.313 e. The van der Waals surface area contributed by atoms with Crippen LogP contribution >= 0.6 is 0 Å². The van der Waals surface area contributed by atoms with E-state index in [4.69, 9.17) is 0 Å². The summed E-state index contributed by atoms with van der Waals surface area (Å²) in [6, 6.07) is 0.603. The highest BCUT2D eigenvalue weighted by Crippen LogP contribution is 2.70. The molecule has 1 N–H and O–H groups in total. The van der Waals surface area contributed by atoms with Crippen molar-refractivity contribution >= 4 is 0 Å². The fraction of sp³-hybridized carbons (Fsp3) is 0.900. The van der Waals surface area contributed by atoms with Gasteiger partial charge in [0.25, 0.3) is 0 Å². The fourth-order valence-corrected chi connectivity index (χ4v) is 7.17. The minimum atomic E-state index is 0.603. The summed E-state index contributed by atoms with van der Waals surface area (Å²) < 4.78 is 0. The van der Waals surface area contributed by atoms with E-state index in [0.717, 1.165) is 18.9 Å². The van der Waals surface area contributed by atoms with Crippen molar-refractivity contribution in [2.75, 3.05) is 6.54 Å². The third-order valence-corrected chi connectivity index (χ3v) is 6.44. The van der Waals surface area contributed by atoms with Gasteiger partial charge in [-0.05, 0) is 80.6 Å². The maximum Gasteiger partial charge on any atom is 0.0243 e. The van der Waals surface area contributed by atoms with Gasteiger partial charge in [0.05, 0.1) is 0 Å². The highest BCUT2D eigenvalue weighted by atomic mass is 14.9. The summed E-state index contributed by atoms with van der Waals surface area (Å²) in [7, 11) is 0. The monoisotopic (exact) mass is 287 g/mol. The molecule has 1 nitrogen and oxygen atoms in total. The van der Waals surface area contributed by atoms with Gasteiger partial charge in [-0.3, -0.25) is 0 Å². The number of nitrogens with one attached hydrogen (secondary N) is 1. The molecule has 1 heteroatoms. The lowest BCUT2D eigenvalue weighted by molar-refractivity contribution is -0.149. The maximum atomic E-state index is 3.71. The van der Waals surface area contributed by atoms with Crippen LogP contribution in [0.3, 0.4) is 0 Å². The van der Waals surface area contributed by atoms with Crippen LogP contribution in [0.1, 0.15) is 79.1 Å². The molecule has 0 aromatic heterocycles. The minimum absolute atomic E-state index is 0.603. The van der Waals surface area contributed by atoms with E-state index < -0.39 is 0 Å². The average molecular weight is 287 g/mol. The SMILES string of the molecule is CC#CCC(CC12CC3CC(C)(CC(C)(C3)C1)C2)NCC. The summed E-state index contributed by atoms with van der Waals surface area (Å²) in [5.74, 6) is 7.42. The lowest BCUT2D eigenvalue weighted by atomic mass is 9.39. The van der Waals surface area contributed by atoms with Gasteiger partial charge in [-0.15, -0.1) is 11.8 Å². The van der Waals surface area contributed by atoms with Crippen LogP contribution in [0.15, 0.2) is 0 Å². The molecule has 0 heterocycles. The summed E-state index contributed by atoms with van der Waals surface area (Å²) in [5.41, 5.74) is 1.90. The topological polar surface area (TPSA) is 12.0 Å². The lowest BCUT2D eigenvalue weighted by Gasteiger charge is -2.66. The van der Waals surface area contributed by atoms with Crippen LogP contribution in [0.4, 0.5) is 0 Å². The van der Waals surface area contributed by atoms with Gasteiger partial charge in [0.15, 0.2) is 0 Å². The summed E-state index contributed by atoms with van der Waals surface area (Å²) >= 11 is 0. The molecule has 0 aliphatic heterocycles. The van der Waals surface area contributed by atoms with E-state index >= 15 is 0 Å². The summed E-state index contributed by atoms with van der Waals surface area (Å²) in [5, 5.41) is 3.71. The Bertz CT molecular complexity index is 436. The van der Waals surface area contributed by atoms with Gasteiger partial charge in [0, 0.05) is 12.5 Å². The van der Waals surface area contributed by atoms with Crippen LogP contribution in [0.25, 0.3) is 0 Å². The predicted octanol–water partition coefficient (Wildman–Crippen LogP) is 4.76. The van der Waals surface area contributed by atoms with Gasteiger partial charge in [0.1, 0.15) is 0 Å². The molecule has 0 aromatic carbocycles. The molecule has 21 heavy (non-hydrogen) atoms. The van der Waals surface area contributed by atoms with Crippen molar-refractivity contribution in [3.05, 3.63) is 0 Å². The Morgan fingerprint density at radius 3 is 2.29 bits per heavy atom. The first kappa shape index (κ1) is 15.4. The molecule has 118 valence electrons. The molecular weight excluding hydrogens is 254 g/mol. The highest BCUT2D eigenvalue weighted by Gasteiger charge is 2.59. The van der Waals surface area contributed by atoms with Gasteiger partial charge in [-0.2, -0.15) is 0 Å². The van der Waals surface area contributed by atoms with Gasteiger partial charge in [0.2, 0.25) is 0 Å². The zero-order chi connectivity index (χ0) is 15.1. The summed E-state index contributed by atoms with van der Waals surface area (Å²) in [6.07, 6.45) is 11.3. The van der Waals surface area contributed by atoms with Crippen LogP contribution in [-0.4, -0.2) is 12.6 Å². The van der Waals surface area contributed by atoms with Gasteiger partial charge < -0.3 is 5.32 Å². The van der Waals surface area contributed by atoms with E-state index in [0.29, 0.717) is 22.3 Å². The molecule has 4 bridgehead atoms. The molecule has 0 amide bonds. The predicted molar refractivity (Wildman–Crippen MR) is 90.0 cm³/mol. The zero-order valence-electron chi connectivity index (χ0n) is 14.5. The normalized spacial score (nSPS) is 45.2. The standard InChI is InChI=1S/C20H33N/c1-5-7-8-17(21-6-2)12-20-11-16-9-18(3,14-20)13-19(4,10-16)15-20/h16-17,21H,6,8-15H2,1-4H3. The van der Waals surface area contributed by atoms with E-state index in [-0.39, 0.29) is 0 Å². The van der Waals surface area contributed by atoms with E-state index in [1.165, 1.54) is 44.9 Å². The Balaban J connectivity index is 1.78. The Morgan fingerprint density at radius 2 is 1.76 bits per heavy atom. The molecule has 0 spiro atoms. The van der Waals surface area contributed by atoms with E-state index in [2.05, 4.69) is 37.9 Å². The molecule has 4 aliphatic carbocycles. The summed E-state index contributed by atoms with van der Waals surface area (Å²) in [4.78, 5) is 0. The number of hydrogen-bond donors (Lipinski definition) is 1. The molecule has 3 unspecified atom stereocenters. The molecule has 4 fully saturated rings. The fourth-order valence-electron chi connectivity index (χ4n) is 7.17. The van der Waals surface area contributed by atoms with Crippen molar-refractivity contribution in [2.45, 2.75) is 85.1 Å². The third-order valence-electron chi connectivity index (χ3n) is 6.44. The van der Waals surface area contributed by atoms with Crippen molar-refractivity contribution < 1.29 is 0 Å². The van der Waals surface area contributed by atoms with Gasteiger partial charge in [-0.25, -0.2) is 0 Å². The Morgan fingerprint density at radius 1 is 1.10 bits per heavy atom. The zero-order valence-corrected chi connectivity index (χ0v) is 14.5. The maximum absolute atomic E-state index is 3.71. The molecule has 4 aliphatic rings. The molecular formula is C20H33N. The first-order valence-corrected chi connectivity index (χ1v) is 9.03. The lowest BCUT2D eigenvalue weighted by Crippen LogP contribution is -2.56. The quantitative estimate of drug-likeness (QED) is 0.719. The van der Waals surface area contributed by atoms with Crippen LogP contribution in [0.2, 0.25) is 0 Å². The van der Waals surface area contributed by atoms with Crippen molar-refractivity contribution in [3.63, 3.8) is 0 Å². The van der Waals surface area contributed by atoms with Crippen molar-refractivity contribution in [1.29, 1.82) is 0 Å². The van der Waals surface area contributed by atoms with Crippen LogP contribution in [0.5, 0.6) is 0 Å². The molecule has 4 rings (SSSR count). The molecule has 3 atom stereocenters. The third kappa shape index (κ3) is 3.02. The first-order valence-electron chi connectivity index (χ1n) is 9.03. The van der Waals surface area contributed by atoms with Gasteiger partial charge in [-0.1, -0.05) is 20.8 Å². The van der Waals surface area contributed by atoms with Crippen LogP contribution in [-0.2, 0) is 0 Å². The van der Waals surface area contributed by atoms with E-state index in [1.807, 2.05) is 6.92 Å². The Kier molecular flexibility index (Phi) is 3.90. The largest absolute Gasteiger partial charge is 0.313 e. The molecule has 0 aromatic rings. The van der Waals surface area contributed by atoms with E-state index in [9.17, 15) is 0 Å². The average Bonchev–Trinajstić information content (AvgIpc) is 2.31. The van der Waals surface area contributed by atoms with Crippen molar-refractivity contribution in [2.24, 2.45) is 22.2 Å². The number of hydrogen-bond acceptors (Lipinski definition) is 1. The van der Waals surface area contributed by atoms with Gasteiger partial charge >= 0.3 is 0 Å². The summed E-state index contributed by atoms with van der Waals surface area (Å²) in [6.45, 7) is 10.4. The van der Waals surface area contributed by atoms with Crippen molar-refractivity contribution in [3.8, 4) is 11.8 Å². The number of rotatable bonds is 5. The Hall–Kier alpha value is -0.480. The second-order valence-electron chi connectivity index (χ2n) is 9.22. The second kappa shape index (κ2) is 5.31. The van der Waals surface area contributed by atoms with E-state index in [1.54, 1.807) is 0 Å². The first-order chi connectivity index (χ1) is 9.90. The van der Waals surface area contributed by atoms with Crippen molar-refractivity contribution in [1.82, 2.24) is 5.32 Å². The second-order valence-corrected chi connectivity index (χ2v) is 9.22. The Labute approximate surface area is 131 Å². The van der Waals surface area contributed by atoms with Crippen LogP contribution < -0.4 is 5.32 Å². The molecule has 0 saturated heterocycles.